The van der Waals surface area contributed by atoms with Gasteiger partial charge in [0.1, 0.15) is 5.76 Å². The number of pyridine rings is 1. The highest BCUT2D eigenvalue weighted by atomic mass is 16.4. The van der Waals surface area contributed by atoms with Crippen LogP contribution in [0.4, 0.5) is 0 Å². The van der Waals surface area contributed by atoms with Gasteiger partial charge in [0.2, 0.25) is 0 Å². The minimum Gasteiger partial charge on any atom is -0.478 e. The normalized spacial score (nSPS) is 10.8. The van der Waals surface area contributed by atoms with E-state index in [0.717, 1.165) is 0 Å². The third kappa shape index (κ3) is 2.20. The van der Waals surface area contributed by atoms with E-state index in [-0.39, 0.29) is 11.5 Å². The molecule has 0 aromatic carbocycles. The average molecular weight is 231 g/mol. The zero-order chi connectivity index (χ0) is 12.4. The summed E-state index contributed by atoms with van der Waals surface area (Å²) in [5.41, 5.74) is 1.50. The molecule has 0 unspecified atom stereocenters. The van der Waals surface area contributed by atoms with E-state index in [9.17, 15) is 4.79 Å². The molecule has 4 nitrogen and oxygen atoms in total. The van der Waals surface area contributed by atoms with E-state index in [0.29, 0.717) is 17.0 Å². The summed E-state index contributed by atoms with van der Waals surface area (Å²) in [6, 6.07) is 5.13. The highest BCUT2D eigenvalue weighted by molar-refractivity contribution is 5.90. The van der Waals surface area contributed by atoms with Crippen molar-refractivity contribution < 1.29 is 14.3 Å². The smallest absolute Gasteiger partial charge is 0.337 e. The number of rotatable bonds is 3. The van der Waals surface area contributed by atoms with Crippen molar-refractivity contribution in [2.75, 3.05) is 0 Å². The Hall–Kier alpha value is -2.10. The van der Waals surface area contributed by atoms with Gasteiger partial charge in [0.15, 0.2) is 0 Å². The van der Waals surface area contributed by atoms with Crippen molar-refractivity contribution in [2.45, 2.75) is 19.8 Å². The molecule has 0 bridgehead atoms. The molecule has 0 spiro atoms. The van der Waals surface area contributed by atoms with Gasteiger partial charge in [-0.3, -0.25) is 4.98 Å². The second kappa shape index (κ2) is 4.41. The standard InChI is InChI=1S/C13H13NO3/c1-8(2)12-10(13(15)16)6-9(7-14-12)11-4-3-5-17-11/h3-8H,1-2H3,(H,15,16). The Kier molecular flexibility index (Phi) is 2.95. The molecule has 17 heavy (non-hydrogen) atoms. The van der Waals surface area contributed by atoms with Crippen LogP contribution in [0.15, 0.2) is 35.1 Å². The van der Waals surface area contributed by atoms with Crippen LogP contribution >= 0.6 is 0 Å². The van der Waals surface area contributed by atoms with Crippen LogP contribution in [0.2, 0.25) is 0 Å². The minimum atomic E-state index is -0.963. The molecule has 2 aromatic rings. The molecule has 2 heterocycles. The van der Waals surface area contributed by atoms with Crippen molar-refractivity contribution in [3.8, 4) is 11.3 Å². The van der Waals surface area contributed by atoms with Crippen molar-refractivity contribution in [1.82, 2.24) is 4.98 Å². The maximum atomic E-state index is 11.2. The van der Waals surface area contributed by atoms with Crippen LogP contribution in [0.1, 0.15) is 35.8 Å². The molecule has 0 radical (unpaired) electrons. The van der Waals surface area contributed by atoms with Gasteiger partial charge in [0.05, 0.1) is 17.5 Å². The highest BCUT2D eigenvalue weighted by Gasteiger charge is 2.16. The zero-order valence-corrected chi connectivity index (χ0v) is 9.68. The number of furan rings is 1. The SMILES string of the molecule is CC(C)c1ncc(-c2ccco2)cc1C(=O)O. The number of aromatic carboxylic acids is 1. The van der Waals surface area contributed by atoms with Crippen molar-refractivity contribution in [1.29, 1.82) is 0 Å². The number of carboxylic acids is 1. The van der Waals surface area contributed by atoms with Crippen LogP contribution in [0.25, 0.3) is 11.3 Å². The number of aromatic nitrogens is 1. The fourth-order valence-corrected chi connectivity index (χ4v) is 1.68. The highest BCUT2D eigenvalue weighted by Crippen LogP contribution is 2.24. The van der Waals surface area contributed by atoms with E-state index in [1.165, 1.54) is 0 Å². The summed E-state index contributed by atoms with van der Waals surface area (Å²) < 4.78 is 5.22. The monoisotopic (exact) mass is 231 g/mol. The number of hydrogen-bond donors (Lipinski definition) is 1. The van der Waals surface area contributed by atoms with Gasteiger partial charge in [-0.05, 0) is 24.1 Å². The summed E-state index contributed by atoms with van der Waals surface area (Å²) in [6.45, 7) is 3.84. The summed E-state index contributed by atoms with van der Waals surface area (Å²) in [5.74, 6) is -0.267. The first-order valence-electron chi connectivity index (χ1n) is 5.36. The summed E-state index contributed by atoms with van der Waals surface area (Å²) in [4.78, 5) is 15.4. The summed E-state index contributed by atoms with van der Waals surface area (Å²) in [5, 5.41) is 9.17. The van der Waals surface area contributed by atoms with Gasteiger partial charge in [-0.1, -0.05) is 13.8 Å². The lowest BCUT2D eigenvalue weighted by Crippen LogP contribution is -2.06. The molecule has 1 N–H and O–H groups in total. The van der Waals surface area contributed by atoms with Gasteiger partial charge in [-0.2, -0.15) is 0 Å². The molecule has 0 amide bonds. The molecular formula is C13H13NO3. The number of carbonyl (C=O) groups is 1. The fourth-order valence-electron chi connectivity index (χ4n) is 1.68. The second-order valence-corrected chi connectivity index (χ2v) is 4.09. The van der Waals surface area contributed by atoms with E-state index in [1.807, 2.05) is 13.8 Å². The van der Waals surface area contributed by atoms with Crippen LogP contribution in [-0.2, 0) is 0 Å². The van der Waals surface area contributed by atoms with Crippen LogP contribution in [0.5, 0.6) is 0 Å². The van der Waals surface area contributed by atoms with Gasteiger partial charge in [0, 0.05) is 11.8 Å². The Morgan fingerprint density at radius 2 is 2.24 bits per heavy atom. The largest absolute Gasteiger partial charge is 0.478 e. The Balaban J connectivity index is 2.53. The van der Waals surface area contributed by atoms with Crippen LogP contribution < -0.4 is 0 Å². The quantitative estimate of drug-likeness (QED) is 0.881. The Labute approximate surface area is 98.9 Å². The molecule has 0 aliphatic rings. The third-order valence-corrected chi connectivity index (χ3v) is 2.50. The van der Waals surface area contributed by atoms with Crippen molar-refractivity contribution in [2.24, 2.45) is 0 Å². The molecule has 0 atom stereocenters. The first kappa shape index (κ1) is 11.4. The van der Waals surface area contributed by atoms with E-state index in [2.05, 4.69) is 4.98 Å². The molecule has 0 aliphatic carbocycles. The minimum absolute atomic E-state index is 0.0757. The lowest BCUT2D eigenvalue weighted by Gasteiger charge is -2.09. The molecular weight excluding hydrogens is 218 g/mol. The predicted molar refractivity (Wildman–Crippen MR) is 63.0 cm³/mol. The molecule has 0 fully saturated rings. The van der Waals surface area contributed by atoms with Crippen molar-refractivity contribution in [3.63, 3.8) is 0 Å². The second-order valence-electron chi connectivity index (χ2n) is 4.09. The first-order valence-corrected chi connectivity index (χ1v) is 5.36. The van der Waals surface area contributed by atoms with Gasteiger partial charge >= 0.3 is 5.97 Å². The number of carboxylic acid groups (broad SMARTS) is 1. The maximum absolute atomic E-state index is 11.2. The Morgan fingerprint density at radius 3 is 2.76 bits per heavy atom. The van der Waals surface area contributed by atoms with Crippen LogP contribution in [0.3, 0.4) is 0 Å². The lowest BCUT2D eigenvalue weighted by molar-refractivity contribution is 0.0694. The van der Waals surface area contributed by atoms with E-state index in [4.69, 9.17) is 9.52 Å². The van der Waals surface area contributed by atoms with Gasteiger partial charge in [-0.25, -0.2) is 4.79 Å². The molecule has 2 aromatic heterocycles. The lowest BCUT2D eigenvalue weighted by atomic mass is 10.0. The molecule has 88 valence electrons. The Morgan fingerprint density at radius 1 is 1.47 bits per heavy atom. The van der Waals surface area contributed by atoms with Crippen molar-refractivity contribution >= 4 is 5.97 Å². The molecule has 0 saturated carbocycles. The topological polar surface area (TPSA) is 63.3 Å². The number of hydrogen-bond acceptors (Lipinski definition) is 3. The van der Waals surface area contributed by atoms with E-state index >= 15 is 0 Å². The molecule has 4 heteroatoms. The summed E-state index contributed by atoms with van der Waals surface area (Å²) in [7, 11) is 0. The Bertz CT molecular complexity index is 530. The number of nitrogens with zero attached hydrogens (tertiary/aromatic N) is 1. The van der Waals surface area contributed by atoms with Crippen molar-refractivity contribution in [3.05, 3.63) is 41.9 Å². The maximum Gasteiger partial charge on any atom is 0.337 e. The predicted octanol–water partition coefficient (Wildman–Crippen LogP) is 3.16. The first-order chi connectivity index (χ1) is 8.09. The van der Waals surface area contributed by atoms with Gasteiger partial charge in [-0.15, -0.1) is 0 Å². The molecule has 0 saturated heterocycles. The molecule has 0 aliphatic heterocycles. The van der Waals surface area contributed by atoms with Crippen LogP contribution in [0, 0.1) is 0 Å². The third-order valence-electron chi connectivity index (χ3n) is 2.50. The molecule has 2 rings (SSSR count). The summed E-state index contributed by atoms with van der Waals surface area (Å²) in [6.07, 6.45) is 3.19. The van der Waals surface area contributed by atoms with E-state index < -0.39 is 5.97 Å². The average Bonchev–Trinajstić information content (AvgIpc) is 2.81. The van der Waals surface area contributed by atoms with Gasteiger partial charge < -0.3 is 9.52 Å². The van der Waals surface area contributed by atoms with Gasteiger partial charge in [0.25, 0.3) is 0 Å². The zero-order valence-electron chi connectivity index (χ0n) is 9.68. The van der Waals surface area contributed by atoms with E-state index in [1.54, 1.807) is 30.7 Å². The van der Waals surface area contributed by atoms with Crippen LogP contribution in [-0.4, -0.2) is 16.1 Å². The summed E-state index contributed by atoms with van der Waals surface area (Å²) >= 11 is 0. The fraction of sp³-hybridized carbons (Fsp3) is 0.231.